The fourth-order valence-electron chi connectivity index (χ4n) is 1.42. The zero-order valence-electron chi connectivity index (χ0n) is 9.84. The van der Waals surface area contributed by atoms with Gasteiger partial charge >= 0.3 is 5.97 Å². The Morgan fingerprint density at radius 2 is 2.33 bits per heavy atom. The van der Waals surface area contributed by atoms with Crippen molar-refractivity contribution in [2.24, 2.45) is 0 Å². The van der Waals surface area contributed by atoms with Crippen LogP contribution in [0.2, 0.25) is 0 Å². The van der Waals surface area contributed by atoms with Crippen molar-refractivity contribution in [3.63, 3.8) is 0 Å². The first-order valence-corrected chi connectivity index (χ1v) is 5.26. The summed E-state index contributed by atoms with van der Waals surface area (Å²) >= 11 is 0. The fraction of sp³-hybridized carbons (Fsp3) is 0.455. The largest absolute Gasteiger partial charge is 0.465 e. The molecule has 0 aliphatic carbocycles. The number of esters is 1. The van der Waals surface area contributed by atoms with Crippen LogP contribution in [0.3, 0.4) is 0 Å². The van der Waals surface area contributed by atoms with Crippen LogP contribution in [-0.2, 0) is 4.74 Å². The van der Waals surface area contributed by atoms with E-state index in [0.29, 0.717) is 0 Å². The van der Waals surface area contributed by atoms with Gasteiger partial charge in [0.1, 0.15) is 5.82 Å². The Labute approximate surface area is 103 Å². The van der Waals surface area contributed by atoms with Crippen molar-refractivity contribution in [2.45, 2.75) is 6.43 Å². The standard InChI is InChI=1S/C11H14F2N2O3/c1-18-11(17)8-2-3-14-10(6-8)15(4-5-16)7-9(12)13/h2-3,6,9,16H,4-5,7H2,1H3. The molecule has 100 valence electrons. The highest BCUT2D eigenvalue weighted by Gasteiger charge is 2.15. The first-order valence-electron chi connectivity index (χ1n) is 5.26. The van der Waals surface area contributed by atoms with E-state index in [2.05, 4.69) is 9.72 Å². The second kappa shape index (κ2) is 6.85. The van der Waals surface area contributed by atoms with Crippen molar-refractivity contribution in [3.05, 3.63) is 23.9 Å². The molecule has 7 heteroatoms. The van der Waals surface area contributed by atoms with E-state index in [1.54, 1.807) is 0 Å². The van der Waals surface area contributed by atoms with Gasteiger partial charge in [-0.2, -0.15) is 0 Å². The normalized spacial score (nSPS) is 10.5. The lowest BCUT2D eigenvalue weighted by molar-refractivity contribution is 0.0600. The first kappa shape index (κ1) is 14.3. The number of ether oxygens (including phenoxy) is 1. The summed E-state index contributed by atoms with van der Waals surface area (Å²) in [5.74, 6) is -0.369. The second-order valence-electron chi connectivity index (χ2n) is 3.46. The third-order valence-electron chi connectivity index (χ3n) is 2.22. The number of methoxy groups -OCH3 is 1. The summed E-state index contributed by atoms with van der Waals surface area (Å²) in [5.41, 5.74) is 0.222. The van der Waals surface area contributed by atoms with Crippen LogP contribution >= 0.6 is 0 Å². The minimum Gasteiger partial charge on any atom is -0.465 e. The molecule has 1 rings (SSSR count). The predicted molar refractivity (Wildman–Crippen MR) is 60.9 cm³/mol. The van der Waals surface area contributed by atoms with E-state index in [1.807, 2.05) is 0 Å². The number of pyridine rings is 1. The summed E-state index contributed by atoms with van der Waals surface area (Å²) in [6, 6.07) is 2.78. The molecule has 1 N–H and O–H groups in total. The number of rotatable bonds is 6. The van der Waals surface area contributed by atoms with E-state index in [1.165, 1.54) is 30.3 Å². The number of aromatic nitrogens is 1. The van der Waals surface area contributed by atoms with E-state index >= 15 is 0 Å². The van der Waals surface area contributed by atoms with E-state index in [0.717, 1.165) is 0 Å². The number of carbonyl (C=O) groups excluding carboxylic acids is 1. The van der Waals surface area contributed by atoms with Crippen LogP contribution in [-0.4, -0.2) is 49.3 Å². The van der Waals surface area contributed by atoms with Crippen molar-refractivity contribution in [1.82, 2.24) is 4.98 Å². The molecular weight excluding hydrogens is 246 g/mol. The quantitative estimate of drug-likeness (QED) is 0.771. The van der Waals surface area contributed by atoms with Crippen LogP contribution in [0.1, 0.15) is 10.4 Å². The average molecular weight is 260 g/mol. The Kier molecular flexibility index (Phi) is 5.44. The highest BCUT2D eigenvalue weighted by molar-refractivity contribution is 5.90. The molecule has 5 nitrogen and oxygen atoms in total. The van der Waals surface area contributed by atoms with Gasteiger partial charge in [-0.3, -0.25) is 0 Å². The molecule has 18 heavy (non-hydrogen) atoms. The van der Waals surface area contributed by atoms with Gasteiger partial charge < -0.3 is 14.7 Å². The SMILES string of the molecule is COC(=O)c1ccnc(N(CCO)CC(F)F)c1. The molecule has 0 atom stereocenters. The van der Waals surface area contributed by atoms with Gasteiger partial charge in [0.25, 0.3) is 6.43 Å². The molecule has 0 aliphatic rings. The van der Waals surface area contributed by atoms with Gasteiger partial charge in [-0.05, 0) is 12.1 Å². The summed E-state index contributed by atoms with van der Waals surface area (Å²) in [7, 11) is 1.23. The third-order valence-corrected chi connectivity index (χ3v) is 2.22. The number of aliphatic hydroxyl groups is 1. The van der Waals surface area contributed by atoms with Crippen LogP contribution in [0, 0.1) is 0 Å². The number of hydrogen-bond acceptors (Lipinski definition) is 5. The van der Waals surface area contributed by atoms with Crippen molar-refractivity contribution in [2.75, 3.05) is 31.7 Å². The number of alkyl halides is 2. The molecule has 1 aromatic rings. The highest BCUT2D eigenvalue weighted by atomic mass is 19.3. The maximum Gasteiger partial charge on any atom is 0.338 e. The van der Waals surface area contributed by atoms with Crippen LogP contribution in [0.5, 0.6) is 0 Å². The molecule has 1 aromatic heterocycles. The molecule has 0 aromatic carbocycles. The summed E-state index contributed by atoms with van der Waals surface area (Å²) < 4.78 is 29.3. The topological polar surface area (TPSA) is 62.7 Å². The molecule has 0 aliphatic heterocycles. The van der Waals surface area contributed by atoms with Crippen molar-refractivity contribution in [1.29, 1.82) is 0 Å². The average Bonchev–Trinajstić information content (AvgIpc) is 2.37. The summed E-state index contributed by atoms with van der Waals surface area (Å²) in [4.78, 5) is 16.4. The minimum absolute atomic E-state index is 0.0158. The number of halogens is 2. The summed E-state index contributed by atoms with van der Waals surface area (Å²) in [5, 5.41) is 8.83. The lowest BCUT2D eigenvalue weighted by Gasteiger charge is -2.22. The zero-order valence-corrected chi connectivity index (χ0v) is 9.84. The van der Waals surface area contributed by atoms with E-state index in [9.17, 15) is 13.6 Å². The lowest BCUT2D eigenvalue weighted by atomic mass is 10.2. The molecular formula is C11H14F2N2O3. The van der Waals surface area contributed by atoms with Crippen LogP contribution in [0.25, 0.3) is 0 Å². The maximum absolute atomic E-state index is 12.4. The number of hydrogen-bond donors (Lipinski definition) is 1. The number of aliphatic hydroxyl groups excluding tert-OH is 1. The Bertz CT molecular complexity index is 402. The van der Waals surface area contributed by atoms with Crippen LogP contribution < -0.4 is 4.90 Å². The van der Waals surface area contributed by atoms with Crippen molar-refractivity contribution < 1.29 is 23.4 Å². The van der Waals surface area contributed by atoms with Gasteiger partial charge in [-0.15, -0.1) is 0 Å². The van der Waals surface area contributed by atoms with Gasteiger partial charge in [0.2, 0.25) is 0 Å². The van der Waals surface area contributed by atoms with Crippen molar-refractivity contribution in [3.8, 4) is 0 Å². The Hall–Kier alpha value is -1.76. The first-order chi connectivity index (χ1) is 8.58. The highest BCUT2D eigenvalue weighted by Crippen LogP contribution is 2.14. The van der Waals surface area contributed by atoms with Gasteiger partial charge in [0.05, 0.1) is 25.8 Å². The lowest BCUT2D eigenvalue weighted by Crippen LogP contribution is -2.32. The summed E-state index contributed by atoms with van der Waals surface area (Å²) in [6.45, 7) is -0.822. The van der Waals surface area contributed by atoms with Crippen LogP contribution in [0.4, 0.5) is 14.6 Å². The van der Waals surface area contributed by atoms with Crippen LogP contribution in [0.15, 0.2) is 18.3 Å². The number of anilines is 1. The molecule has 0 saturated heterocycles. The molecule has 0 saturated carbocycles. The Morgan fingerprint density at radius 3 is 2.89 bits per heavy atom. The van der Waals surface area contributed by atoms with E-state index in [4.69, 9.17) is 5.11 Å². The molecule has 0 spiro atoms. The van der Waals surface area contributed by atoms with Gasteiger partial charge in [0, 0.05) is 12.7 Å². The molecule has 0 fully saturated rings. The Balaban J connectivity index is 2.93. The molecule has 0 unspecified atom stereocenters. The number of nitrogens with zero attached hydrogens (tertiary/aromatic N) is 2. The summed E-state index contributed by atoms with van der Waals surface area (Å²) in [6.07, 6.45) is -1.22. The zero-order chi connectivity index (χ0) is 13.5. The Morgan fingerprint density at radius 1 is 1.61 bits per heavy atom. The minimum atomic E-state index is -2.56. The van der Waals surface area contributed by atoms with E-state index < -0.39 is 18.9 Å². The second-order valence-corrected chi connectivity index (χ2v) is 3.46. The van der Waals surface area contributed by atoms with Gasteiger partial charge in [-0.1, -0.05) is 0 Å². The number of carbonyl (C=O) groups is 1. The fourth-order valence-corrected chi connectivity index (χ4v) is 1.42. The monoisotopic (exact) mass is 260 g/mol. The van der Waals surface area contributed by atoms with Crippen molar-refractivity contribution >= 4 is 11.8 Å². The maximum atomic E-state index is 12.4. The molecule has 0 radical (unpaired) electrons. The van der Waals surface area contributed by atoms with E-state index in [-0.39, 0.29) is 24.5 Å². The molecule has 0 bridgehead atoms. The molecule has 1 heterocycles. The predicted octanol–water partition coefficient (Wildman–Crippen LogP) is 0.932. The smallest absolute Gasteiger partial charge is 0.338 e. The molecule has 0 amide bonds. The van der Waals surface area contributed by atoms with Gasteiger partial charge in [0.15, 0.2) is 0 Å². The van der Waals surface area contributed by atoms with Gasteiger partial charge in [-0.25, -0.2) is 18.6 Å². The third kappa shape index (κ3) is 3.92.